The maximum absolute atomic E-state index is 14.2. The maximum Gasteiger partial charge on any atom is 0.178 e. The molecule has 1 aromatic carbocycles. The van der Waals surface area contributed by atoms with Crippen molar-refractivity contribution in [3.63, 3.8) is 0 Å². The molecule has 3 N–H and O–H groups in total. The first kappa shape index (κ1) is 16.1. The van der Waals surface area contributed by atoms with Crippen LogP contribution in [-0.2, 0) is 6.54 Å². The lowest BCUT2D eigenvalue weighted by Gasteiger charge is -2.25. The third kappa shape index (κ3) is 2.71. The molecule has 1 saturated carbocycles. The molecule has 136 valence electrons. The number of nitrogens with one attached hydrogen (secondary N) is 1. The first-order valence-electron chi connectivity index (χ1n) is 9.11. The van der Waals surface area contributed by atoms with E-state index in [2.05, 4.69) is 20.1 Å². The molecule has 7 heteroatoms. The number of fused-ring (bicyclic) bond motifs is 1. The number of pyridine rings is 1. The van der Waals surface area contributed by atoms with Crippen LogP contribution in [-0.4, -0.2) is 24.7 Å². The lowest BCUT2D eigenvalue weighted by Crippen LogP contribution is -2.16. The van der Waals surface area contributed by atoms with Gasteiger partial charge in [-0.05, 0) is 37.0 Å². The predicted octanol–water partition coefficient (Wildman–Crippen LogP) is 3.81. The van der Waals surface area contributed by atoms with Gasteiger partial charge >= 0.3 is 0 Å². The minimum absolute atomic E-state index is 0.178. The molecule has 1 fully saturated rings. The van der Waals surface area contributed by atoms with Gasteiger partial charge in [0.15, 0.2) is 5.65 Å². The van der Waals surface area contributed by atoms with Crippen LogP contribution in [0.2, 0.25) is 0 Å². The van der Waals surface area contributed by atoms with Gasteiger partial charge in [-0.2, -0.15) is 5.10 Å². The van der Waals surface area contributed by atoms with Gasteiger partial charge in [0.25, 0.3) is 0 Å². The van der Waals surface area contributed by atoms with Crippen LogP contribution in [0, 0.1) is 5.82 Å². The SMILES string of the molecule is NCc1ccc(-c2ccnc3nc(-c4cnn(C5CCC5)c4)[nH]c23)cc1F. The van der Waals surface area contributed by atoms with E-state index in [1.54, 1.807) is 12.3 Å². The predicted molar refractivity (Wildman–Crippen MR) is 101 cm³/mol. The number of hydrogen-bond donors (Lipinski definition) is 2. The third-order valence-corrected chi connectivity index (χ3v) is 5.30. The van der Waals surface area contributed by atoms with E-state index in [4.69, 9.17) is 5.73 Å². The zero-order valence-electron chi connectivity index (χ0n) is 14.7. The summed E-state index contributed by atoms with van der Waals surface area (Å²) in [7, 11) is 0. The molecule has 1 aliphatic rings. The number of halogens is 1. The molecule has 4 aromatic rings. The molecule has 27 heavy (non-hydrogen) atoms. The van der Waals surface area contributed by atoms with E-state index < -0.39 is 0 Å². The number of hydrogen-bond acceptors (Lipinski definition) is 4. The molecule has 6 nitrogen and oxygen atoms in total. The molecule has 0 aliphatic heterocycles. The highest BCUT2D eigenvalue weighted by Gasteiger charge is 2.21. The summed E-state index contributed by atoms with van der Waals surface area (Å²) in [4.78, 5) is 12.3. The molecular formula is C20H19FN6. The summed E-state index contributed by atoms with van der Waals surface area (Å²) >= 11 is 0. The van der Waals surface area contributed by atoms with Crippen molar-refractivity contribution in [2.45, 2.75) is 31.8 Å². The van der Waals surface area contributed by atoms with Crippen molar-refractivity contribution in [2.75, 3.05) is 0 Å². The van der Waals surface area contributed by atoms with Crippen molar-refractivity contribution in [2.24, 2.45) is 5.73 Å². The van der Waals surface area contributed by atoms with Crippen molar-refractivity contribution < 1.29 is 4.39 Å². The lowest BCUT2D eigenvalue weighted by molar-refractivity contribution is 0.289. The molecule has 5 rings (SSSR count). The summed E-state index contributed by atoms with van der Waals surface area (Å²) in [6.45, 7) is 0.178. The van der Waals surface area contributed by atoms with Crippen LogP contribution < -0.4 is 5.73 Å². The Morgan fingerprint density at radius 2 is 2.11 bits per heavy atom. The second-order valence-corrected chi connectivity index (χ2v) is 6.95. The van der Waals surface area contributed by atoms with Gasteiger partial charge in [-0.25, -0.2) is 14.4 Å². The van der Waals surface area contributed by atoms with Gasteiger partial charge in [-0.3, -0.25) is 4.68 Å². The number of rotatable bonds is 4. The summed E-state index contributed by atoms with van der Waals surface area (Å²) in [6.07, 6.45) is 9.16. The van der Waals surface area contributed by atoms with Crippen molar-refractivity contribution in [1.29, 1.82) is 0 Å². The average Bonchev–Trinajstić information content (AvgIpc) is 3.26. The molecule has 0 bridgehead atoms. The molecule has 0 amide bonds. The fourth-order valence-electron chi connectivity index (χ4n) is 3.48. The first-order chi connectivity index (χ1) is 13.2. The van der Waals surface area contributed by atoms with Crippen LogP contribution in [0.3, 0.4) is 0 Å². The Hall–Kier alpha value is -3.06. The highest BCUT2D eigenvalue weighted by atomic mass is 19.1. The highest BCUT2D eigenvalue weighted by molar-refractivity contribution is 5.91. The van der Waals surface area contributed by atoms with E-state index in [-0.39, 0.29) is 12.4 Å². The number of aromatic amines is 1. The van der Waals surface area contributed by atoms with E-state index in [0.717, 1.165) is 28.0 Å². The van der Waals surface area contributed by atoms with Crippen molar-refractivity contribution in [1.82, 2.24) is 24.7 Å². The number of nitrogens with two attached hydrogens (primary N) is 1. The molecule has 0 spiro atoms. The molecule has 0 unspecified atom stereocenters. The second-order valence-electron chi connectivity index (χ2n) is 6.95. The standard InChI is InChI=1S/C20H19FN6/c21-17-8-12(4-5-13(17)9-22)16-6-7-23-20-18(16)25-19(26-20)14-10-24-27(11-14)15-2-1-3-15/h4-8,10-11,15H,1-3,9,22H2,(H,23,25,26). The van der Waals surface area contributed by atoms with Crippen molar-refractivity contribution >= 4 is 11.2 Å². The molecule has 0 saturated heterocycles. The minimum atomic E-state index is -0.304. The summed E-state index contributed by atoms with van der Waals surface area (Å²) in [5.74, 6) is 0.413. The summed E-state index contributed by atoms with van der Waals surface area (Å²) < 4.78 is 16.2. The van der Waals surface area contributed by atoms with Gasteiger partial charge in [-0.15, -0.1) is 0 Å². The molecular weight excluding hydrogens is 343 g/mol. The number of imidazole rings is 1. The smallest absolute Gasteiger partial charge is 0.178 e. The lowest BCUT2D eigenvalue weighted by atomic mass is 9.93. The summed E-state index contributed by atoms with van der Waals surface area (Å²) in [5.41, 5.74) is 9.98. The number of H-pyrrole nitrogens is 1. The Balaban J connectivity index is 1.57. The van der Waals surface area contributed by atoms with Gasteiger partial charge in [0.1, 0.15) is 11.6 Å². The largest absolute Gasteiger partial charge is 0.336 e. The Morgan fingerprint density at radius 3 is 2.85 bits per heavy atom. The molecule has 3 aromatic heterocycles. The fraction of sp³-hybridized carbons (Fsp3) is 0.250. The topological polar surface area (TPSA) is 85.4 Å². The van der Waals surface area contributed by atoms with Crippen LogP contribution in [0.4, 0.5) is 4.39 Å². The Kier molecular flexibility index (Phi) is 3.75. The Bertz CT molecular complexity index is 1120. The fourth-order valence-corrected chi connectivity index (χ4v) is 3.48. The maximum atomic E-state index is 14.2. The molecule has 0 radical (unpaired) electrons. The Morgan fingerprint density at radius 1 is 1.22 bits per heavy atom. The normalized spacial score (nSPS) is 14.6. The second kappa shape index (κ2) is 6.28. The van der Waals surface area contributed by atoms with Crippen molar-refractivity contribution in [3.8, 4) is 22.5 Å². The van der Waals surface area contributed by atoms with Crippen molar-refractivity contribution in [3.05, 3.63) is 54.2 Å². The first-order valence-corrected chi connectivity index (χ1v) is 9.11. The molecule has 1 aliphatic carbocycles. The van der Waals surface area contributed by atoms with Crippen LogP contribution in [0.5, 0.6) is 0 Å². The zero-order chi connectivity index (χ0) is 18.4. The van der Waals surface area contributed by atoms with Crippen LogP contribution >= 0.6 is 0 Å². The van der Waals surface area contributed by atoms with E-state index in [1.807, 2.05) is 29.2 Å². The van der Waals surface area contributed by atoms with Gasteiger partial charge in [0.2, 0.25) is 0 Å². The minimum Gasteiger partial charge on any atom is -0.336 e. The average molecular weight is 362 g/mol. The third-order valence-electron chi connectivity index (χ3n) is 5.30. The summed E-state index contributed by atoms with van der Waals surface area (Å²) in [6, 6.07) is 7.46. The van der Waals surface area contributed by atoms with Gasteiger partial charge in [-0.1, -0.05) is 12.1 Å². The molecule has 3 heterocycles. The Labute approximate surface area is 155 Å². The van der Waals surface area contributed by atoms with Gasteiger partial charge < -0.3 is 10.7 Å². The number of nitrogens with zero attached hydrogens (tertiary/aromatic N) is 4. The highest BCUT2D eigenvalue weighted by Crippen LogP contribution is 2.33. The van der Waals surface area contributed by atoms with E-state index in [1.165, 1.54) is 25.3 Å². The van der Waals surface area contributed by atoms with Crippen LogP contribution in [0.1, 0.15) is 30.9 Å². The van der Waals surface area contributed by atoms with Gasteiger partial charge in [0.05, 0.1) is 23.3 Å². The van der Waals surface area contributed by atoms with E-state index >= 15 is 0 Å². The molecule has 0 atom stereocenters. The quantitative estimate of drug-likeness (QED) is 0.578. The number of benzene rings is 1. The van der Waals surface area contributed by atoms with Crippen LogP contribution in [0.25, 0.3) is 33.7 Å². The van der Waals surface area contributed by atoms with Crippen LogP contribution in [0.15, 0.2) is 42.9 Å². The van der Waals surface area contributed by atoms with E-state index in [9.17, 15) is 4.39 Å². The zero-order valence-corrected chi connectivity index (χ0v) is 14.7. The monoisotopic (exact) mass is 362 g/mol. The van der Waals surface area contributed by atoms with E-state index in [0.29, 0.717) is 17.3 Å². The summed E-state index contributed by atoms with van der Waals surface area (Å²) in [5, 5.41) is 4.47. The van der Waals surface area contributed by atoms with Gasteiger partial charge in [0, 0.05) is 30.1 Å². The number of aromatic nitrogens is 5.